The molecule has 0 saturated carbocycles. The van der Waals surface area contributed by atoms with Gasteiger partial charge in [0.15, 0.2) is 0 Å². The van der Waals surface area contributed by atoms with Crippen LogP contribution in [0.15, 0.2) is 48.5 Å². The molecule has 2 aromatic carbocycles. The Morgan fingerprint density at radius 3 is 2.67 bits per heavy atom. The molecule has 18 heavy (non-hydrogen) atoms. The smallest absolute Gasteiger partial charge is 0.115 e. The van der Waals surface area contributed by atoms with E-state index >= 15 is 0 Å². The summed E-state index contributed by atoms with van der Waals surface area (Å²) < 4.78 is 0. The van der Waals surface area contributed by atoms with Crippen molar-refractivity contribution >= 4 is 0 Å². The molecule has 0 radical (unpaired) electrons. The number of hydrogen-bond acceptors (Lipinski definition) is 2. The Bertz CT molecular complexity index is 550. The Hall–Kier alpha value is -1.80. The predicted octanol–water partition coefficient (Wildman–Crippen LogP) is 2.97. The first-order valence-electron chi connectivity index (χ1n) is 6.32. The van der Waals surface area contributed by atoms with E-state index in [9.17, 15) is 5.11 Å². The highest BCUT2D eigenvalue weighted by atomic mass is 16.3. The fourth-order valence-electron chi connectivity index (χ4n) is 2.81. The minimum atomic E-state index is 0.301. The van der Waals surface area contributed by atoms with Crippen LogP contribution in [-0.2, 0) is 6.42 Å². The van der Waals surface area contributed by atoms with Gasteiger partial charge in [0.25, 0.3) is 0 Å². The zero-order valence-electron chi connectivity index (χ0n) is 10.5. The van der Waals surface area contributed by atoms with Crippen LogP contribution >= 0.6 is 0 Å². The molecular weight excluding hydrogens is 222 g/mol. The van der Waals surface area contributed by atoms with Gasteiger partial charge < -0.3 is 5.11 Å². The monoisotopic (exact) mass is 239 g/mol. The lowest BCUT2D eigenvalue weighted by Gasteiger charge is -2.35. The SMILES string of the molecule is CN1CCc2cc(O)ccc2[C@H]1c1ccccc1. The zero-order chi connectivity index (χ0) is 12.5. The van der Waals surface area contributed by atoms with Crippen molar-refractivity contribution in [3.05, 3.63) is 65.2 Å². The normalized spacial score (nSPS) is 19.5. The van der Waals surface area contributed by atoms with Crippen LogP contribution < -0.4 is 0 Å². The molecule has 3 rings (SSSR count). The summed E-state index contributed by atoms with van der Waals surface area (Å²) in [7, 11) is 2.16. The van der Waals surface area contributed by atoms with E-state index in [2.05, 4.69) is 42.3 Å². The third-order valence-corrected chi connectivity index (χ3v) is 3.71. The number of aromatic hydroxyl groups is 1. The summed E-state index contributed by atoms with van der Waals surface area (Å²) in [5.41, 5.74) is 3.89. The molecule has 2 heteroatoms. The highest BCUT2D eigenvalue weighted by molar-refractivity contribution is 5.43. The van der Waals surface area contributed by atoms with Crippen LogP contribution in [0, 0.1) is 0 Å². The van der Waals surface area contributed by atoms with Crippen LogP contribution in [0.5, 0.6) is 5.75 Å². The largest absolute Gasteiger partial charge is 0.508 e. The first kappa shape index (κ1) is 11.3. The zero-order valence-corrected chi connectivity index (χ0v) is 10.5. The maximum Gasteiger partial charge on any atom is 0.115 e. The number of likely N-dealkylation sites (N-methyl/N-ethyl adjacent to an activating group) is 1. The summed E-state index contributed by atoms with van der Waals surface area (Å²) >= 11 is 0. The molecule has 2 aromatic rings. The van der Waals surface area contributed by atoms with Crippen LogP contribution in [0.25, 0.3) is 0 Å². The fraction of sp³-hybridized carbons (Fsp3) is 0.250. The number of phenolic OH excluding ortho intramolecular Hbond substituents is 1. The molecule has 1 heterocycles. The van der Waals surface area contributed by atoms with Gasteiger partial charge in [0.05, 0.1) is 6.04 Å². The molecule has 0 unspecified atom stereocenters. The average molecular weight is 239 g/mol. The Kier molecular flexibility index (Phi) is 2.80. The molecule has 0 spiro atoms. The molecule has 0 saturated heterocycles. The van der Waals surface area contributed by atoms with Gasteiger partial charge in [0, 0.05) is 6.54 Å². The van der Waals surface area contributed by atoms with Crippen molar-refractivity contribution in [2.45, 2.75) is 12.5 Å². The maximum atomic E-state index is 9.60. The molecule has 2 nitrogen and oxygen atoms in total. The molecular formula is C16H17NO. The van der Waals surface area contributed by atoms with Crippen molar-refractivity contribution in [2.24, 2.45) is 0 Å². The van der Waals surface area contributed by atoms with Crippen molar-refractivity contribution < 1.29 is 5.11 Å². The van der Waals surface area contributed by atoms with Crippen LogP contribution in [-0.4, -0.2) is 23.6 Å². The molecule has 0 fully saturated rings. The standard InChI is InChI=1S/C16H17NO/c1-17-10-9-13-11-14(18)7-8-15(13)16(17)12-5-3-2-4-6-12/h2-8,11,16,18H,9-10H2,1H3/t16-/m1/s1. The molecule has 1 N–H and O–H groups in total. The second kappa shape index (κ2) is 4.46. The number of benzene rings is 2. The summed E-state index contributed by atoms with van der Waals surface area (Å²) in [6.45, 7) is 1.02. The van der Waals surface area contributed by atoms with Gasteiger partial charge in [-0.1, -0.05) is 36.4 Å². The lowest BCUT2D eigenvalue weighted by Crippen LogP contribution is -2.32. The first-order valence-corrected chi connectivity index (χ1v) is 6.32. The highest BCUT2D eigenvalue weighted by Gasteiger charge is 2.25. The number of hydrogen-bond donors (Lipinski definition) is 1. The molecule has 0 aliphatic carbocycles. The van der Waals surface area contributed by atoms with Crippen LogP contribution in [0.3, 0.4) is 0 Å². The first-order chi connectivity index (χ1) is 8.75. The van der Waals surface area contributed by atoms with Crippen LogP contribution in [0.4, 0.5) is 0 Å². The second-order valence-electron chi connectivity index (χ2n) is 4.93. The third-order valence-electron chi connectivity index (χ3n) is 3.71. The van der Waals surface area contributed by atoms with Crippen molar-refractivity contribution in [1.82, 2.24) is 4.90 Å². The van der Waals surface area contributed by atoms with Crippen molar-refractivity contribution in [1.29, 1.82) is 0 Å². The summed E-state index contributed by atoms with van der Waals surface area (Å²) in [6.07, 6.45) is 1.00. The quantitative estimate of drug-likeness (QED) is 0.827. The van der Waals surface area contributed by atoms with E-state index in [1.54, 1.807) is 6.07 Å². The fourth-order valence-corrected chi connectivity index (χ4v) is 2.81. The molecule has 0 aromatic heterocycles. The molecule has 1 aliphatic rings. The van der Waals surface area contributed by atoms with E-state index in [1.807, 2.05) is 12.1 Å². The van der Waals surface area contributed by atoms with Gasteiger partial charge in [-0.3, -0.25) is 4.90 Å². The highest BCUT2D eigenvalue weighted by Crippen LogP contribution is 2.35. The Labute approximate surface area is 107 Å². The lowest BCUT2D eigenvalue weighted by atomic mass is 9.88. The topological polar surface area (TPSA) is 23.5 Å². The van der Waals surface area contributed by atoms with E-state index in [1.165, 1.54) is 16.7 Å². The molecule has 92 valence electrons. The van der Waals surface area contributed by atoms with Crippen molar-refractivity contribution in [2.75, 3.05) is 13.6 Å². The summed E-state index contributed by atoms with van der Waals surface area (Å²) in [5.74, 6) is 0.366. The van der Waals surface area contributed by atoms with Gasteiger partial charge in [-0.25, -0.2) is 0 Å². The number of rotatable bonds is 1. The Morgan fingerprint density at radius 2 is 1.89 bits per heavy atom. The minimum absolute atomic E-state index is 0.301. The Morgan fingerprint density at radius 1 is 1.11 bits per heavy atom. The molecule has 1 aliphatic heterocycles. The average Bonchev–Trinajstić information content (AvgIpc) is 2.40. The minimum Gasteiger partial charge on any atom is -0.508 e. The Balaban J connectivity index is 2.10. The number of nitrogens with zero attached hydrogens (tertiary/aromatic N) is 1. The van der Waals surface area contributed by atoms with E-state index < -0.39 is 0 Å². The molecule has 0 amide bonds. The van der Waals surface area contributed by atoms with Gasteiger partial charge in [-0.15, -0.1) is 0 Å². The third kappa shape index (κ3) is 1.89. The summed E-state index contributed by atoms with van der Waals surface area (Å²) in [5, 5.41) is 9.60. The van der Waals surface area contributed by atoms with Gasteiger partial charge in [0.1, 0.15) is 5.75 Å². The van der Waals surface area contributed by atoms with Crippen molar-refractivity contribution in [3.63, 3.8) is 0 Å². The number of fused-ring (bicyclic) bond motifs is 1. The predicted molar refractivity (Wildman–Crippen MR) is 72.7 cm³/mol. The summed E-state index contributed by atoms with van der Waals surface area (Å²) in [4.78, 5) is 2.37. The molecule has 0 bridgehead atoms. The summed E-state index contributed by atoms with van der Waals surface area (Å²) in [6, 6.07) is 16.6. The van der Waals surface area contributed by atoms with E-state index in [-0.39, 0.29) is 0 Å². The van der Waals surface area contributed by atoms with Gasteiger partial charge in [-0.2, -0.15) is 0 Å². The second-order valence-corrected chi connectivity index (χ2v) is 4.93. The van der Waals surface area contributed by atoms with Gasteiger partial charge in [-0.05, 0) is 42.3 Å². The van der Waals surface area contributed by atoms with Crippen LogP contribution in [0.2, 0.25) is 0 Å². The van der Waals surface area contributed by atoms with E-state index in [0.717, 1.165) is 13.0 Å². The van der Waals surface area contributed by atoms with E-state index in [4.69, 9.17) is 0 Å². The number of phenols is 1. The van der Waals surface area contributed by atoms with Crippen LogP contribution in [0.1, 0.15) is 22.7 Å². The maximum absolute atomic E-state index is 9.60. The van der Waals surface area contributed by atoms with Crippen molar-refractivity contribution in [3.8, 4) is 5.75 Å². The van der Waals surface area contributed by atoms with E-state index in [0.29, 0.717) is 11.8 Å². The lowest BCUT2D eigenvalue weighted by molar-refractivity contribution is 0.264. The molecule has 1 atom stereocenters. The van der Waals surface area contributed by atoms with Gasteiger partial charge in [0.2, 0.25) is 0 Å². The van der Waals surface area contributed by atoms with Gasteiger partial charge >= 0.3 is 0 Å².